The molecule has 2 fully saturated rings. The minimum absolute atomic E-state index is 0.0505. The number of phosphoric ester groups is 2. The molecule has 21 nitrogen and oxygen atoms in total. The van der Waals surface area contributed by atoms with Gasteiger partial charge in [-0.1, -0.05) is 0 Å². The fourth-order valence-electron chi connectivity index (χ4n) is 4.58. The number of ether oxygens (including phenoxy) is 2. The van der Waals surface area contributed by atoms with Gasteiger partial charge >= 0.3 is 15.6 Å². The van der Waals surface area contributed by atoms with E-state index in [2.05, 4.69) is 23.8 Å². The van der Waals surface area contributed by atoms with Crippen LogP contribution in [0.5, 0.6) is 0 Å². The molecule has 0 saturated carbocycles. The summed E-state index contributed by atoms with van der Waals surface area (Å²) in [5, 5.41) is 41.6. The highest BCUT2D eigenvalue weighted by molar-refractivity contribution is 7.61. The number of rotatable bonds is 11. The van der Waals surface area contributed by atoms with E-state index in [4.69, 9.17) is 25.5 Å². The molecule has 10 N–H and O–H groups in total. The molecule has 240 valence electrons. The number of aliphatic hydroxyl groups excluding tert-OH is 4. The number of imidazole rings is 1. The second-order valence-corrected chi connectivity index (χ2v) is 12.7. The van der Waals surface area contributed by atoms with Crippen LogP contribution in [0.2, 0.25) is 0 Å². The molecule has 6 unspecified atom stereocenters. The highest BCUT2D eigenvalue weighted by Gasteiger charge is 2.50. The number of fused-ring (bicyclic) bond motifs is 1. The third-order valence-corrected chi connectivity index (χ3v) is 9.35. The summed E-state index contributed by atoms with van der Waals surface area (Å²) in [6.07, 6.45) is -6.85. The number of hydrogen-bond donors (Lipinski definition) is 8. The molecular formula is C21H28N7O14P2+. The summed E-state index contributed by atoms with van der Waals surface area (Å²) in [4.78, 5) is 43.3. The van der Waals surface area contributed by atoms with E-state index in [1.807, 2.05) is 0 Å². The number of hydrogen-bond acceptors (Lipinski definition) is 16. The molecule has 2 saturated heterocycles. The van der Waals surface area contributed by atoms with Crippen molar-refractivity contribution in [3.63, 3.8) is 0 Å². The van der Waals surface area contributed by atoms with Crippen molar-refractivity contribution in [1.29, 1.82) is 0 Å². The average Bonchev–Trinajstić information content (AvgIpc) is 3.61. The lowest BCUT2D eigenvalue weighted by atomic mass is 10.1. The third kappa shape index (κ3) is 6.65. The van der Waals surface area contributed by atoms with Gasteiger partial charge in [-0.15, -0.1) is 0 Å². The van der Waals surface area contributed by atoms with E-state index >= 15 is 0 Å². The summed E-state index contributed by atoms with van der Waals surface area (Å²) in [6.45, 7) is -1.80. The van der Waals surface area contributed by atoms with Gasteiger partial charge in [0.2, 0.25) is 0 Å². The third-order valence-electron chi connectivity index (χ3n) is 6.75. The topological polar surface area (TPSA) is 318 Å². The van der Waals surface area contributed by atoms with E-state index in [0.717, 1.165) is 6.33 Å². The van der Waals surface area contributed by atoms with E-state index < -0.39 is 83.8 Å². The van der Waals surface area contributed by atoms with Gasteiger partial charge in [0.05, 0.1) is 19.5 Å². The van der Waals surface area contributed by atoms with Crippen LogP contribution in [0.1, 0.15) is 22.8 Å². The number of carbonyl (C=O) groups is 1. The second-order valence-electron chi connectivity index (χ2n) is 9.69. The van der Waals surface area contributed by atoms with Crippen molar-refractivity contribution >= 4 is 38.5 Å². The van der Waals surface area contributed by atoms with Crippen molar-refractivity contribution in [3.05, 3.63) is 42.7 Å². The molecule has 3 aromatic rings. The number of phosphoric acid groups is 2. The Morgan fingerprint density at radius 2 is 1.61 bits per heavy atom. The first-order valence-corrected chi connectivity index (χ1v) is 15.6. The standard InChI is InChI=1S/C21H27N7O14P2/c22-17-12-19(25-7-24-17)28(8-26-12)21-16(32)14(30)11(41-21)6-39-44(36,37)42-43(34,35)38-5-10-13(29)15(31)20(40-10)27-3-1-2-9(4-27)18(23)33/h1-4,7-8,10-11,13-16,20-21,29-32H,5-6H2,(H5-,22,23,24,25,33,34,35,36,37)/p+1/t10-,11?,13?,14-,15?,16-,20-,21?/m1/s1. The molecular weight excluding hydrogens is 636 g/mol. The van der Waals surface area contributed by atoms with Gasteiger partial charge in [0.1, 0.15) is 47.9 Å². The number of primary amides is 1. The Balaban J connectivity index is 1.16. The highest BCUT2D eigenvalue weighted by Crippen LogP contribution is 2.60. The summed E-state index contributed by atoms with van der Waals surface area (Å²) >= 11 is 0. The van der Waals surface area contributed by atoms with Crippen LogP contribution in [0.4, 0.5) is 5.82 Å². The number of nitrogen functional groups attached to an aromatic ring is 1. The normalized spacial score (nSPS) is 31.6. The first-order valence-electron chi connectivity index (χ1n) is 12.6. The number of carbonyl (C=O) groups excluding carboxylic acids is 1. The molecule has 2 aliphatic heterocycles. The Hall–Kier alpha value is -3.01. The molecule has 2 aliphatic rings. The van der Waals surface area contributed by atoms with Crippen LogP contribution in [0.3, 0.4) is 0 Å². The number of nitrogens with zero attached hydrogens (tertiary/aromatic N) is 5. The van der Waals surface area contributed by atoms with Gasteiger partial charge in [0.15, 0.2) is 36.2 Å². The van der Waals surface area contributed by atoms with Gasteiger partial charge in [-0.2, -0.15) is 8.88 Å². The number of amides is 1. The zero-order valence-corrected chi connectivity index (χ0v) is 24.0. The maximum Gasteiger partial charge on any atom is 0.481 e. The van der Waals surface area contributed by atoms with Crippen LogP contribution in [0.15, 0.2) is 37.2 Å². The summed E-state index contributed by atoms with van der Waals surface area (Å²) in [5.74, 6) is -0.714. The summed E-state index contributed by atoms with van der Waals surface area (Å²) < 4.78 is 52.0. The van der Waals surface area contributed by atoms with E-state index in [9.17, 15) is 44.1 Å². The molecule has 5 heterocycles. The highest BCUT2D eigenvalue weighted by atomic mass is 31.3. The number of pyridine rings is 1. The molecule has 1 amide bonds. The van der Waals surface area contributed by atoms with Gasteiger partial charge in [0, 0.05) is 6.07 Å². The zero-order valence-electron chi connectivity index (χ0n) is 22.2. The minimum Gasteiger partial charge on any atom is -0.387 e. The number of aromatic nitrogens is 5. The van der Waals surface area contributed by atoms with Crippen LogP contribution < -0.4 is 16.0 Å². The molecule has 0 spiro atoms. The lowest BCUT2D eigenvalue weighted by molar-refractivity contribution is -0.765. The largest absolute Gasteiger partial charge is 0.481 e. The molecule has 3 aromatic heterocycles. The molecule has 23 heteroatoms. The van der Waals surface area contributed by atoms with Crippen LogP contribution in [-0.2, 0) is 32.0 Å². The molecule has 0 bridgehead atoms. The Morgan fingerprint density at radius 1 is 0.977 bits per heavy atom. The van der Waals surface area contributed by atoms with Crippen molar-refractivity contribution in [1.82, 2.24) is 19.5 Å². The zero-order chi connectivity index (χ0) is 32.0. The SMILES string of the molecule is NC(=O)c1ccc[n+]([C@@H]2O[C@H](COP(=O)(O)OP(=O)(O)OCC3OC(n4cnc5c(N)ncnc54)[C@H](O)[C@@H]3O)C(O)C2O)c1. The first-order chi connectivity index (χ1) is 20.7. The molecule has 44 heavy (non-hydrogen) atoms. The second kappa shape index (κ2) is 12.4. The quantitative estimate of drug-likeness (QED) is 0.0747. The number of anilines is 1. The van der Waals surface area contributed by atoms with Crippen LogP contribution in [-0.4, -0.2) is 105 Å². The lowest BCUT2D eigenvalue weighted by Gasteiger charge is -2.20. The van der Waals surface area contributed by atoms with E-state index in [1.165, 1.54) is 40.0 Å². The molecule has 0 aromatic carbocycles. The van der Waals surface area contributed by atoms with E-state index in [1.54, 1.807) is 0 Å². The Morgan fingerprint density at radius 3 is 2.27 bits per heavy atom. The van der Waals surface area contributed by atoms with Crippen molar-refractivity contribution in [2.75, 3.05) is 18.9 Å². The smallest absolute Gasteiger partial charge is 0.387 e. The van der Waals surface area contributed by atoms with Crippen molar-refractivity contribution in [2.45, 2.75) is 49.1 Å². The van der Waals surface area contributed by atoms with Gasteiger partial charge in [-0.25, -0.2) is 24.1 Å². The van der Waals surface area contributed by atoms with E-state index in [-0.39, 0.29) is 22.5 Å². The summed E-state index contributed by atoms with van der Waals surface area (Å²) in [5.41, 5.74) is 11.4. The van der Waals surface area contributed by atoms with E-state index in [0.29, 0.717) is 0 Å². The Labute approximate surface area is 246 Å². The summed E-state index contributed by atoms with van der Waals surface area (Å²) in [6, 6.07) is 2.83. The molecule has 0 radical (unpaired) electrons. The fourth-order valence-corrected chi connectivity index (χ4v) is 6.67. The fraction of sp³-hybridized carbons (Fsp3) is 0.476. The molecule has 5 rings (SSSR count). The predicted octanol–water partition coefficient (Wildman–Crippen LogP) is -3.02. The van der Waals surface area contributed by atoms with Crippen molar-refractivity contribution in [2.24, 2.45) is 5.73 Å². The molecule has 10 atom stereocenters. The van der Waals surface area contributed by atoms with Crippen molar-refractivity contribution in [3.8, 4) is 0 Å². The minimum atomic E-state index is -5.37. The Kier molecular flexibility index (Phi) is 9.13. The van der Waals surface area contributed by atoms with Crippen molar-refractivity contribution < 1.29 is 71.5 Å². The van der Waals surface area contributed by atoms with Gasteiger partial charge in [0.25, 0.3) is 12.1 Å². The number of aliphatic hydroxyl groups is 4. The molecule has 0 aliphatic carbocycles. The van der Waals surface area contributed by atoms with Crippen LogP contribution >= 0.6 is 15.6 Å². The van der Waals surface area contributed by atoms with Gasteiger partial charge in [-0.3, -0.25) is 18.4 Å². The first kappa shape index (κ1) is 32.4. The predicted molar refractivity (Wildman–Crippen MR) is 139 cm³/mol. The maximum atomic E-state index is 12.4. The van der Waals surface area contributed by atoms with Gasteiger partial charge in [-0.05, 0) is 6.07 Å². The monoisotopic (exact) mass is 664 g/mol. The Bertz CT molecular complexity index is 1630. The summed E-state index contributed by atoms with van der Waals surface area (Å²) in [7, 11) is -10.7. The van der Waals surface area contributed by atoms with Crippen LogP contribution in [0, 0.1) is 0 Å². The lowest BCUT2D eigenvalue weighted by Crippen LogP contribution is -2.46. The van der Waals surface area contributed by atoms with Gasteiger partial charge < -0.3 is 51.2 Å². The van der Waals surface area contributed by atoms with Crippen LogP contribution in [0.25, 0.3) is 11.2 Å². The maximum absolute atomic E-state index is 12.4. The average molecular weight is 664 g/mol. The number of nitrogens with two attached hydrogens (primary N) is 2.